The van der Waals surface area contributed by atoms with E-state index in [1.165, 1.54) is 6.92 Å². The van der Waals surface area contributed by atoms with E-state index in [0.29, 0.717) is 28.6 Å². The summed E-state index contributed by atoms with van der Waals surface area (Å²) in [6, 6.07) is 5.14. The van der Waals surface area contributed by atoms with Gasteiger partial charge in [0.05, 0.1) is 13.5 Å². The number of Topliss-reactive ketones (excluding diaryl/α,β-unsaturated/α-hetero) is 1. The number of nitrogens with one attached hydrogen (secondary N) is 1. The Kier molecular flexibility index (Phi) is 5.58. The molecule has 144 valence electrons. The average Bonchev–Trinajstić information content (AvgIpc) is 3.09. The SMILES string of the molecule is COc1ccc(C(C)=O)cc1CC(=O)NC1(c2noc(C)n2)CCCCC1. The number of methoxy groups -OCH3 is 1. The first-order valence-corrected chi connectivity index (χ1v) is 9.23. The molecule has 1 N–H and O–H groups in total. The van der Waals surface area contributed by atoms with Crippen LogP contribution in [0.5, 0.6) is 5.75 Å². The molecule has 2 aromatic rings. The maximum absolute atomic E-state index is 12.9. The lowest BCUT2D eigenvalue weighted by Gasteiger charge is -2.35. The molecule has 1 fully saturated rings. The third-order valence-corrected chi connectivity index (χ3v) is 5.08. The van der Waals surface area contributed by atoms with Crippen LogP contribution in [0.4, 0.5) is 0 Å². The van der Waals surface area contributed by atoms with Crippen molar-refractivity contribution in [3.63, 3.8) is 0 Å². The number of ketones is 1. The van der Waals surface area contributed by atoms with Crippen LogP contribution in [0, 0.1) is 6.92 Å². The lowest BCUT2D eigenvalue weighted by Crippen LogP contribution is -2.48. The van der Waals surface area contributed by atoms with Crippen LogP contribution in [-0.4, -0.2) is 28.9 Å². The van der Waals surface area contributed by atoms with Gasteiger partial charge >= 0.3 is 0 Å². The van der Waals surface area contributed by atoms with E-state index in [0.717, 1.165) is 32.1 Å². The standard InChI is InChI=1S/C20H25N3O4/c1-13(24)15-7-8-17(26-3)16(11-15)12-18(25)22-20(9-5-4-6-10-20)19-21-14(2)27-23-19/h7-8,11H,4-6,9-10,12H2,1-3H3,(H,22,25). The van der Waals surface area contributed by atoms with Crippen molar-refractivity contribution in [3.8, 4) is 5.75 Å². The number of hydrogen-bond donors (Lipinski definition) is 1. The van der Waals surface area contributed by atoms with Crippen LogP contribution in [0.1, 0.15) is 66.7 Å². The second kappa shape index (κ2) is 7.90. The summed E-state index contributed by atoms with van der Waals surface area (Å²) in [5, 5.41) is 7.22. The zero-order valence-electron chi connectivity index (χ0n) is 16.0. The van der Waals surface area contributed by atoms with Crippen LogP contribution < -0.4 is 10.1 Å². The molecular formula is C20H25N3O4. The molecule has 1 aromatic heterocycles. The highest BCUT2D eigenvalue weighted by Gasteiger charge is 2.39. The van der Waals surface area contributed by atoms with Crippen molar-refractivity contribution in [1.29, 1.82) is 0 Å². The number of ether oxygens (including phenoxy) is 1. The van der Waals surface area contributed by atoms with Crippen molar-refractivity contribution in [3.05, 3.63) is 41.0 Å². The summed E-state index contributed by atoms with van der Waals surface area (Å²) in [5.41, 5.74) is 0.635. The molecule has 1 aliphatic carbocycles. The molecule has 1 saturated carbocycles. The number of aryl methyl sites for hydroxylation is 1. The number of benzene rings is 1. The Morgan fingerprint density at radius 3 is 2.59 bits per heavy atom. The van der Waals surface area contributed by atoms with Crippen molar-refractivity contribution in [1.82, 2.24) is 15.5 Å². The van der Waals surface area contributed by atoms with Crippen LogP contribution in [0.2, 0.25) is 0 Å². The van der Waals surface area contributed by atoms with Gasteiger partial charge in [-0.3, -0.25) is 9.59 Å². The van der Waals surface area contributed by atoms with Crippen molar-refractivity contribution >= 4 is 11.7 Å². The van der Waals surface area contributed by atoms with Crippen molar-refractivity contribution < 1.29 is 18.8 Å². The Labute approximate surface area is 158 Å². The Hall–Kier alpha value is -2.70. The fourth-order valence-corrected chi connectivity index (χ4v) is 3.67. The normalized spacial score (nSPS) is 16.0. The van der Waals surface area contributed by atoms with Crippen molar-refractivity contribution in [2.24, 2.45) is 0 Å². The maximum Gasteiger partial charge on any atom is 0.225 e. The molecular weight excluding hydrogens is 346 g/mol. The molecule has 1 heterocycles. The number of hydrogen-bond acceptors (Lipinski definition) is 6. The third-order valence-electron chi connectivity index (χ3n) is 5.08. The summed E-state index contributed by atoms with van der Waals surface area (Å²) in [7, 11) is 1.55. The molecule has 7 nitrogen and oxygen atoms in total. The average molecular weight is 371 g/mol. The topological polar surface area (TPSA) is 94.3 Å². The monoisotopic (exact) mass is 371 g/mol. The number of aromatic nitrogens is 2. The molecule has 0 radical (unpaired) electrons. The van der Waals surface area contributed by atoms with Crippen LogP contribution in [0.25, 0.3) is 0 Å². The predicted octanol–water partition coefficient (Wildman–Crippen LogP) is 3.11. The zero-order valence-corrected chi connectivity index (χ0v) is 16.0. The molecule has 0 saturated heterocycles. The summed E-state index contributed by atoms with van der Waals surface area (Å²) in [5.74, 6) is 1.41. The van der Waals surface area contributed by atoms with E-state index in [9.17, 15) is 9.59 Å². The highest BCUT2D eigenvalue weighted by molar-refractivity contribution is 5.94. The Morgan fingerprint density at radius 1 is 1.26 bits per heavy atom. The third kappa shape index (κ3) is 4.18. The predicted molar refractivity (Wildman–Crippen MR) is 98.6 cm³/mol. The van der Waals surface area contributed by atoms with Gasteiger partial charge in [-0.2, -0.15) is 4.98 Å². The fourth-order valence-electron chi connectivity index (χ4n) is 3.67. The Balaban J connectivity index is 1.83. The zero-order chi connectivity index (χ0) is 19.4. The first-order valence-electron chi connectivity index (χ1n) is 9.23. The number of amides is 1. The van der Waals surface area contributed by atoms with Gasteiger partial charge in [0.15, 0.2) is 11.6 Å². The van der Waals surface area contributed by atoms with E-state index in [2.05, 4.69) is 15.5 Å². The van der Waals surface area contributed by atoms with Gasteiger partial charge in [0.25, 0.3) is 0 Å². The van der Waals surface area contributed by atoms with Crippen LogP contribution in [0.15, 0.2) is 22.7 Å². The van der Waals surface area contributed by atoms with E-state index in [-0.39, 0.29) is 18.1 Å². The van der Waals surface area contributed by atoms with Crippen LogP contribution >= 0.6 is 0 Å². The quantitative estimate of drug-likeness (QED) is 0.784. The number of carbonyl (C=O) groups excluding carboxylic acids is 2. The summed E-state index contributed by atoms with van der Waals surface area (Å²) >= 11 is 0. The summed E-state index contributed by atoms with van der Waals surface area (Å²) in [6.07, 6.45) is 4.80. The van der Waals surface area contributed by atoms with E-state index in [1.807, 2.05) is 0 Å². The van der Waals surface area contributed by atoms with E-state index in [1.54, 1.807) is 32.2 Å². The molecule has 0 spiro atoms. The number of nitrogens with zero attached hydrogens (tertiary/aromatic N) is 2. The number of rotatable bonds is 6. The van der Waals surface area contributed by atoms with Gasteiger partial charge in [-0.15, -0.1) is 0 Å². The van der Waals surface area contributed by atoms with Gasteiger partial charge in [0.1, 0.15) is 11.3 Å². The van der Waals surface area contributed by atoms with E-state index >= 15 is 0 Å². The molecule has 1 aromatic carbocycles. The second-order valence-corrected chi connectivity index (χ2v) is 7.09. The molecule has 27 heavy (non-hydrogen) atoms. The largest absolute Gasteiger partial charge is 0.496 e. The molecule has 1 amide bonds. The summed E-state index contributed by atoms with van der Waals surface area (Å²) in [6.45, 7) is 3.24. The fraction of sp³-hybridized carbons (Fsp3) is 0.500. The molecule has 0 aliphatic heterocycles. The molecule has 7 heteroatoms. The first-order chi connectivity index (χ1) is 12.9. The van der Waals surface area contributed by atoms with E-state index in [4.69, 9.17) is 9.26 Å². The van der Waals surface area contributed by atoms with Gasteiger partial charge in [-0.1, -0.05) is 24.4 Å². The molecule has 0 unspecified atom stereocenters. The van der Waals surface area contributed by atoms with Gasteiger partial charge in [-0.05, 0) is 38.0 Å². The Bertz CT molecular complexity index is 838. The molecule has 0 bridgehead atoms. The highest BCUT2D eigenvalue weighted by Crippen LogP contribution is 2.36. The van der Waals surface area contributed by atoms with E-state index < -0.39 is 5.54 Å². The highest BCUT2D eigenvalue weighted by atomic mass is 16.5. The van der Waals surface area contributed by atoms with Crippen molar-refractivity contribution in [2.45, 2.75) is 57.9 Å². The Morgan fingerprint density at radius 2 is 2.00 bits per heavy atom. The van der Waals surface area contributed by atoms with Gasteiger partial charge in [-0.25, -0.2) is 0 Å². The minimum Gasteiger partial charge on any atom is -0.496 e. The lowest BCUT2D eigenvalue weighted by atomic mass is 9.80. The molecule has 0 atom stereocenters. The first kappa shape index (κ1) is 19.1. The number of carbonyl (C=O) groups is 2. The van der Waals surface area contributed by atoms with Gasteiger partial charge in [0, 0.05) is 18.1 Å². The maximum atomic E-state index is 12.9. The van der Waals surface area contributed by atoms with Crippen LogP contribution in [-0.2, 0) is 16.8 Å². The minimum absolute atomic E-state index is 0.0506. The summed E-state index contributed by atoms with van der Waals surface area (Å²) < 4.78 is 10.5. The molecule has 1 aliphatic rings. The summed E-state index contributed by atoms with van der Waals surface area (Å²) in [4.78, 5) is 28.9. The van der Waals surface area contributed by atoms with Crippen molar-refractivity contribution in [2.75, 3.05) is 7.11 Å². The van der Waals surface area contributed by atoms with Crippen LogP contribution in [0.3, 0.4) is 0 Å². The van der Waals surface area contributed by atoms with Gasteiger partial charge in [0.2, 0.25) is 11.8 Å². The van der Waals surface area contributed by atoms with Gasteiger partial charge < -0.3 is 14.6 Å². The smallest absolute Gasteiger partial charge is 0.225 e. The lowest BCUT2D eigenvalue weighted by molar-refractivity contribution is -0.123. The molecule has 3 rings (SSSR count). The second-order valence-electron chi connectivity index (χ2n) is 7.09. The minimum atomic E-state index is -0.599.